The Labute approximate surface area is 179 Å². The summed E-state index contributed by atoms with van der Waals surface area (Å²) in [6.45, 7) is 0.468. The smallest absolute Gasteiger partial charge is 0.269 e. The van der Waals surface area contributed by atoms with Gasteiger partial charge in [0.2, 0.25) is 0 Å². The van der Waals surface area contributed by atoms with Crippen molar-refractivity contribution in [3.05, 3.63) is 108 Å². The van der Waals surface area contributed by atoms with E-state index < -0.39 is 5.91 Å². The number of amides is 2. The van der Waals surface area contributed by atoms with Gasteiger partial charge in [-0.2, -0.15) is 5.10 Å². The molecule has 0 atom stereocenters. The minimum Gasteiger partial charge on any atom is -0.489 e. The quantitative estimate of drug-likeness (QED) is 0.482. The van der Waals surface area contributed by atoms with Crippen LogP contribution in [0.25, 0.3) is 5.69 Å². The minimum atomic E-state index is -0.584. The van der Waals surface area contributed by atoms with Gasteiger partial charge in [-0.1, -0.05) is 30.3 Å². The lowest BCUT2D eigenvalue weighted by atomic mass is 10.2. The van der Waals surface area contributed by atoms with E-state index in [1.807, 2.05) is 30.3 Å². The average molecular weight is 412 g/mol. The van der Waals surface area contributed by atoms with Gasteiger partial charge in [0.05, 0.1) is 5.69 Å². The summed E-state index contributed by atoms with van der Waals surface area (Å²) in [6.07, 6.45) is 1.65. The second-order valence-electron chi connectivity index (χ2n) is 6.81. The van der Waals surface area contributed by atoms with Gasteiger partial charge in [-0.25, -0.2) is 4.68 Å². The third-order valence-corrected chi connectivity index (χ3v) is 4.60. The van der Waals surface area contributed by atoms with Crippen molar-refractivity contribution in [3.8, 4) is 11.4 Å². The molecule has 0 unspecified atom stereocenters. The fourth-order valence-electron chi connectivity index (χ4n) is 2.94. The summed E-state index contributed by atoms with van der Waals surface area (Å²) < 4.78 is 7.29. The first-order chi connectivity index (χ1) is 15.1. The lowest BCUT2D eigenvalue weighted by molar-refractivity contribution is 0.0993. The highest BCUT2D eigenvalue weighted by molar-refractivity contribution is 6.04. The van der Waals surface area contributed by atoms with Crippen molar-refractivity contribution in [2.45, 2.75) is 6.61 Å². The summed E-state index contributed by atoms with van der Waals surface area (Å²) >= 11 is 0. The Kier molecular flexibility index (Phi) is 5.75. The van der Waals surface area contributed by atoms with E-state index in [1.54, 1.807) is 65.5 Å². The molecule has 0 saturated carbocycles. The van der Waals surface area contributed by atoms with Gasteiger partial charge in [0.15, 0.2) is 0 Å². The number of hydrogen-bond donors (Lipinski definition) is 2. The monoisotopic (exact) mass is 412 g/mol. The van der Waals surface area contributed by atoms with Gasteiger partial charge >= 0.3 is 0 Å². The van der Waals surface area contributed by atoms with Crippen molar-refractivity contribution in [3.63, 3.8) is 0 Å². The maximum atomic E-state index is 12.5. The number of carbonyl (C=O) groups excluding carboxylic acids is 2. The van der Waals surface area contributed by atoms with Gasteiger partial charge < -0.3 is 15.8 Å². The van der Waals surface area contributed by atoms with E-state index in [0.29, 0.717) is 23.6 Å². The SMILES string of the molecule is NC(=O)c1ccn(-c2ccc(NC(=O)c3ccc(OCc4ccccc4)cc3)cc2)n1. The van der Waals surface area contributed by atoms with E-state index in [9.17, 15) is 9.59 Å². The van der Waals surface area contributed by atoms with Gasteiger partial charge in [0.1, 0.15) is 18.1 Å². The molecule has 3 N–H and O–H groups in total. The van der Waals surface area contributed by atoms with Crippen LogP contribution in [0.2, 0.25) is 0 Å². The van der Waals surface area contributed by atoms with Crippen molar-refractivity contribution >= 4 is 17.5 Å². The predicted molar refractivity (Wildman–Crippen MR) is 117 cm³/mol. The number of ether oxygens (including phenoxy) is 1. The summed E-state index contributed by atoms with van der Waals surface area (Å²) in [5.41, 5.74) is 8.39. The third-order valence-electron chi connectivity index (χ3n) is 4.60. The summed E-state index contributed by atoms with van der Waals surface area (Å²) in [7, 11) is 0. The highest BCUT2D eigenvalue weighted by atomic mass is 16.5. The number of nitrogens with zero attached hydrogens (tertiary/aromatic N) is 2. The number of primary amides is 1. The molecule has 7 heteroatoms. The van der Waals surface area contributed by atoms with Crippen LogP contribution in [0.15, 0.2) is 91.1 Å². The number of aromatic nitrogens is 2. The molecular formula is C24H20N4O3. The van der Waals surface area contributed by atoms with E-state index in [1.165, 1.54) is 0 Å². The predicted octanol–water partition coefficient (Wildman–Crippen LogP) is 3.80. The Balaban J connectivity index is 1.35. The number of hydrogen-bond acceptors (Lipinski definition) is 4. The number of rotatable bonds is 7. The molecule has 2 amide bonds. The van der Waals surface area contributed by atoms with Gasteiger partial charge in [0, 0.05) is 17.4 Å². The number of nitrogens with one attached hydrogen (secondary N) is 1. The van der Waals surface area contributed by atoms with Crippen LogP contribution in [-0.4, -0.2) is 21.6 Å². The number of carbonyl (C=O) groups is 2. The van der Waals surface area contributed by atoms with Crippen LogP contribution in [-0.2, 0) is 6.61 Å². The summed E-state index contributed by atoms with van der Waals surface area (Å²) in [5.74, 6) is -0.115. The lowest BCUT2D eigenvalue weighted by Gasteiger charge is -2.09. The molecule has 0 aliphatic rings. The molecule has 0 spiro atoms. The zero-order chi connectivity index (χ0) is 21.6. The van der Waals surface area contributed by atoms with Gasteiger partial charge in [-0.15, -0.1) is 0 Å². The number of nitrogens with two attached hydrogens (primary N) is 1. The first kappa shape index (κ1) is 19.9. The maximum absolute atomic E-state index is 12.5. The number of anilines is 1. The first-order valence-electron chi connectivity index (χ1n) is 9.62. The normalized spacial score (nSPS) is 10.5. The molecule has 3 aromatic carbocycles. The fraction of sp³-hybridized carbons (Fsp3) is 0.0417. The van der Waals surface area contributed by atoms with Crippen LogP contribution in [0, 0.1) is 0 Å². The van der Waals surface area contributed by atoms with E-state index in [4.69, 9.17) is 10.5 Å². The Hall–Kier alpha value is -4.39. The summed E-state index contributed by atoms with van der Waals surface area (Å²) in [5, 5.41) is 6.96. The molecule has 31 heavy (non-hydrogen) atoms. The van der Waals surface area contributed by atoms with Crippen molar-refractivity contribution in [2.24, 2.45) is 5.73 Å². The van der Waals surface area contributed by atoms with E-state index in [2.05, 4.69) is 10.4 Å². The van der Waals surface area contributed by atoms with Gasteiger partial charge in [0.25, 0.3) is 11.8 Å². The Bertz CT molecular complexity index is 1180. The molecule has 1 heterocycles. The molecule has 0 bridgehead atoms. The van der Waals surface area contributed by atoms with Crippen molar-refractivity contribution in [1.29, 1.82) is 0 Å². The van der Waals surface area contributed by atoms with Crippen LogP contribution < -0.4 is 15.8 Å². The third kappa shape index (κ3) is 4.97. The molecule has 0 fully saturated rings. The second-order valence-corrected chi connectivity index (χ2v) is 6.81. The Morgan fingerprint density at radius 2 is 1.61 bits per heavy atom. The largest absolute Gasteiger partial charge is 0.489 e. The zero-order valence-corrected chi connectivity index (χ0v) is 16.6. The van der Waals surface area contributed by atoms with E-state index in [0.717, 1.165) is 11.3 Å². The van der Waals surface area contributed by atoms with E-state index >= 15 is 0 Å². The summed E-state index contributed by atoms with van der Waals surface area (Å²) in [6, 6.07) is 25.5. The molecule has 7 nitrogen and oxygen atoms in total. The first-order valence-corrected chi connectivity index (χ1v) is 9.62. The highest BCUT2D eigenvalue weighted by Gasteiger charge is 2.08. The molecule has 0 aliphatic heterocycles. The molecule has 4 rings (SSSR count). The minimum absolute atomic E-state index is 0.188. The van der Waals surface area contributed by atoms with Crippen molar-refractivity contribution in [2.75, 3.05) is 5.32 Å². The van der Waals surface area contributed by atoms with Crippen LogP contribution >= 0.6 is 0 Å². The topological polar surface area (TPSA) is 99.2 Å². The van der Waals surface area contributed by atoms with Gasteiger partial charge in [-0.05, 0) is 60.2 Å². The maximum Gasteiger partial charge on any atom is 0.269 e. The summed E-state index contributed by atoms with van der Waals surface area (Å²) in [4.78, 5) is 23.7. The van der Waals surface area contributed by atoms with Crippen molar-refractivity contribution in [1.82, 2.24) is 9.78 Å². The van der Waals surface area contributed by atoms with Gasteiger partial charge in [-0.3, -0.25) is 9.59 Å². The Morgan fingerprint density at radius 3 is 2.26 bits per heavy atom. The number of benzene rings is 3. The molecule has 0 saturated heterocycles. The molecular weight excluding hydrogens is 392 g/mol. The van der Waals surface area contributed by atoms with Crippen molar-refractivity contribution < 1.29 is 14.3 Å². The molecule has 1 aromatic heterocycles. The lowest BCUT2D eigenvalue weighted by Crippen LogP contribution is -2.12. The molecule has 0 aliphatic carbocycles. The van der Waals surface area contributed by atoms with Crippen LogP contribution in [0.4, 0.5) is 5.69 Å². The molecule has 4 aromatic rings. The molecule has 0 radical (unpaired) electrons. The van der Waals surface area contributed by atoms with Crippen LogP contribution in [0.1, 0.15) is 26.4 Å². The Morgan fingerprint density at radius 1 is 0.903 bits per heavy atom. The zero-order valence-electron chi connectivity index (χ0n) is 16.6. The average Bonchev–Trinajstić information content (AvgIpc) is 3.30. The fourth-order valence-corrected chi connectivity index (χ4v) is 2.94. The standard InChI is InChI=1S/C24H20N4O3/c25-23(29)22-14-15-28(27-22)20-10-8-19(9-11-20)26-24(30)18-6-12-21(13-7-18)31-16-17-4-2-1-3-5-17/h1-15H,16H2,(H2,25,29)(H,26,30). The second kappa shape index (κ2) is 8.96. The highest BCUT2D eigenvalue weighted by Crippen LogP contribution is 2.17. The van der Waals surface area contributed by atoms with E-state index in [-0.39, 0.29) is 11.6 Å². The van der Waals surface area contributed by atoms with Crippen LogP contribution in [0.5, 0.6) is 5.75 Å². The van der Waals surface area contributed by atoms with Crippen LogP contribution in [0.3, 0.4) is 0 Å². The molecule has 154 valence electrons.